The summed E-state index contributed by atoms with van der Waals surface area (Å²) in [6.45, 7) is 4.22. The smallest absolute Gasteiger partial charge is 0.416 e. The summed E-state index contributed by atoms with van der Waals surface area (Å²) in [6, 6.07) is 16.5. The van der Waals surface area contributed by atoms with Gasteiger partial charge in [0.05, 0.1) is 22.2 Å². The molecule has 39 heavy (non-hydrogen) atoms. The number of rotatable bonds is 9. The molecule has 0 unspecified atom stereocenters. The van der Waals surface area contributed by atoms with Crippen LogP contribution in [0.4, 0.5) is 24.5 Å². The van der Waals surface area contributed by atoms with Crippen LogP contribution in [-0.2, 0) is 12.9 Å². The van der Waals surface area contributed by atoms with Gasteiger partial charge in [0, 0.05) is 18.3 Å². The van der Waals surface area contributed by atoms with Crippen molar-refractivity contribution in [1.29, 1.82) is 0 Å². The number of carbonyl (C=O) groups is 1. The molecule has 3 aromatic carbocycles. The van der Waals surface area contributed by atoms with E-state index in [2.05, 4.69) is 24.3 Å². The second-order valence-corrected chi connectivity index (χ2v) is 8.79. The number of hydrogen-bond acceptors (Lipinski definition) is 6. The van der Waals surface area contributed by atoms with Gasteiger partial charge < -0.3 is 14.8 Å². The number of nitro groups is 1. The van der Waals surface area contributed by atoms with Gasteiger partial charge in [-0.2, -0.15) is 18.3 Å². The van der Waals surface area contributed by atoms with E-state index in [9.17, 15) is 28.1 Å². The van der Waals surface area contributed by atoms with Crippen LogP contribution >= 0.6 is 0 Å². The number of aromatic nitrogens is 2. The Bertz CT molecular complexity index is 1480. The minimum absolute atomic E-state index is 0.00721. The first-order valence-corrected chi connectivity index (χ1v) is 11.7. The molecule has 1 N–H and O–H groups in total. The number of non-ortho nitro benzene ring substituents is 1. The summed E-state index contributed by atoms with van der Waals surface area (Å²) in [5.41, 5.74) is -0.193. The lowest BCUT2D eigenvalue weighted by molar-refractivity contribution is -0.384. The van der Waals surface area contributed by atoms with Crippen molar-refractivity contribution in [2.75, 3.05) is 5.32 Å². The van der Waals surface area contributed by atoms with Gasteiger partial charge in [0.15, 0.2) is 12.4 Å². The lowest BCUT2D eigenvalue weighted by Gasteiger charge is -2.11. The number of carbonyl (C=O) groups excluding carboxylic acids is 1. The van der Waals surface area contributed by atoms with E-state index < -0.39 is 28.3 Å². The Hall–Kier alpha value is -4.87. The molecule has 4 aromatic rings. The predicted octanol–water partition coefficient (Wildman–Crippen LogP) is 7.01. The molecule has 0 spiro atoms. The molecule has 1 aromatic heterocycles. The second kappa shape index (κ2) is 11.3. The number of anilines is 1. The maximum atomic E-state index is 13.0. The van der Waals surface area contributed by atoms with Gasteiger partial charge in [0.1, 0.15) is 17.2 Å². The van der Waals surface area contributed by atoms with Crippen LogP contribution in [0.15, 0.2) is 79.0 Å². The van der Waals surface area contributed by atoms with Crippen molar-refractivity contribution in [3.8, 4) is 17.2 Å². The normalized spacial score (nSPS) is 11.3. The molecule has 1 heterocycles. The quantitative estimate of drug-likeness (QED) is 0.181. The van der Waals surface area contributed by atoms with Crippen molar-refractivity contribution in [3.05, 3.63) is 106 Å². The maximum Gasteiger partial charge on any atom is 0.416 e. The number of alkyl halides is 3. The summed E-state index contributed by atoms with van der Waals surface area (Å²) in [5.74, 6) is 0.0354. The Balaban J connectivity index is 1.45. The van der Waals surface area contributed by atoms with Crippen LogP contribution in [0.25, 0.3) is 0 Å². The number of nitrogens with one attached hydrogen (secondary N) is 1. The van der Waals surface area contributed by atoms with Crippen LogP contribution in [0.1, 0.15) is 41.4 Å². The average Bonchev–Trinajstić information content (AvgIpc) is 3.36. The second-order valence-electron chi connectivity index (χ2n) is 8.79. The standard InChI is InChI=1S/C27H23F3N4O5/c1-17(2)18-6-8-22(9-7-18)38-16-33-11-10-25(32-33)26(35)31-20-13-21(34(36)37)15-24(14-20)39-23-5-3-4-19(12-23)27(28,29)30/h3-15,17H,16H2,1-2H3,(H,31,35). The third-order valence-corrected chi connectivity index (χ3v) is 5.54. The number of amides is 1. The monoisotopic (exact) mass is 540 g/mol. The summed E-state index contributed by atoms with van der Waals surface area (Å²) in [5, 5.41) is 18.1. The molecule has 9 nitrogen and oxygen atoms in total. The largest absolute Gasteiger partial charge is 0.471 e. The lowest BCUT2D eigenvalue weighted by atomic mass is 10.0. The van der Waals surface area contributed by atoms with E-state index in [0.29, 0.717) is 11.7 Å². The van der Waals surface area contributed by atoms with E-state index in [0.717, 1.165) is 30.3 Å². The highest BCUT2D eigenvalue weighted by atomic mass is 19.4. The lowest BCUT2D eigenvalue weighted by Crippen LogP contribution is -2.14. The topological polar surface area (TPSA) is 109 Å². The first kappa shape index (κ1) is 27.2. The van der Waals surface area contributed by atoms with Crippen LogP contribution in [0, 0.1) is 10.1 Å². The maximum absolute atomic E-state index is 13.0. The molecule has 0 fully saturated rings. The first-order valence-electron chi connectivity index (χ1n) is 11.7. The third kappa shape index (κ3) is 7.12. The van der Waals surface area contributed by atoms with E-state index in [1.165, 1.54) is 34.6 Å². The molecule has 202 valence electrons. The van der Waals surface area contributed by atoms with Crippen molar-refractivity contribution in [3.63, 3.8) is 0 Å². The fourth-order valence-corrected chi connectivity index (χ4v) is 3.53. The number of benzene rings is 3. The Kier molecular flexibility index (Phi) is 7.84. The Morgan fingerprint density at radius 1 is 1.03 bits per heavy atom. The van der Waals surface area contributed by atoms with Crippen LogP contribution < -0.4 is 14.8 Å². The van der Waals surface area contributed by atoms with Gasteiger partial charge in [-0.3, -0.25) is 14.9 Å². The minimum atomic E-state index is -4.59. The number of ether oxygens (including phenoxy) is 2. The van der Waals surface area contributed by atoms with Gasteiger partial charge in [-0.05, 0) is 47.9 Å². The van der Waals surface area contributed by atoms with Crippen LogP contribution in [0.3, 0.4) is 0 Å². The van der Waals surface area contributed by atoms with Gasteiger partial charge in [-0.15, -0.1) is 0 Å². The summed E-state index contributed by atoms with van der Waals surface area (Å²) >= 11 is 0. The molecule has 12 heteroatoms. The molecular weight excluding hydrogens is 517 g/mol. The fourth-order valence-electron chi connectivity index (χ4n) is 3.53. The first-order chi connectivity index (χ1) is 18.5. The number of nitrogens with zero attached hydrogens (tertiary/aromatic N) is 3. The van der Waals surface area contributed by atoms with Gasteiger partial charge in [-0.1, -0.05) is 32.0 Å². The SMILES string of the molecule is CC(C)c1ccc(OCn2ccc(C(=O)Nc3cc(Oc4cccc(C(F)(F)F)c4)cc([N+](=O)[O-])c3)n2)cc1. The van der Waals surface area contributed by atoms with E-state index in [4.69, 9.17) is 9.47 Å². The molecule has 0 aliphatic rings. The van der Waals surface area contributed by atoms with Crippen LogP contribution in [-0.4, -0.2) is 20.6 Å². The predicted molar refractivity (Wildman–Crippen MR) is 136 cm³/mol. The fraction of sp³-hybridized carbons (Fsp3) is 0.185. The summed E-state index contributed by atoms with van der Waals surface area (Å²) in [7, 11) is 0. The summed E-state index contributed by atoms with van der Waals surface area (Å²) in [6.07, 6.45) is -3.05. The number of halogens is 3. The van der Waals surface area contributed by atoms with E-state index >= 15 is 0 Å². The van der Waals surface area contributed by atoms with Gasteiger partial charge in [0.2, 0.25) is 0 Å². The highest BCUT2D eigenvalue weighted by molar-refractivity contribution is 6.03. The van der Waals surface area contributed by atoms with E-state index in [1.807, 2.05) is 24.3 Å². The highest BCUT2D eigenvalue weighted by Gasteiger charge is 2.30. The number of hydrogen-bond donors (Lipinski definition) is 1. The molecule has 0 radical (unpaired) electrons. The molecule has 0 aliphatic carbocycles. The zero-order valence-electron chi connectivity index (χ0n) is 20.8. The zero-order valence-corrected chi connectivity index (χ0v) is 20.8. The van der Waals surface area contributed by atoms with Crippen molar-refractivity contribution in [2.24, 2.45) is 0 Å². The van der Waals surface area contributed by atoms with Gasteiger partial charge in [0.25, 0.3) is 11.6 Å². The van der Waals surface area contributed by atoms with Gasteiger partial charge >= 0.3 is 6.18 Å². The molecule has 0 atom stereocenters. The molecule has 0 saturated heterocycles. The molecule has 4 rings (SSSR count). The highest BCUT2D eigenvalue weighted by Crippen LogP contribution is 2.34. The molecule has 1 amide bonds. The minimum Gasteiger partial charge on any atom is -0.471 e. The van der Waals surface area contributed by atoms with E-state index in [-0.39, 0.29) is 29.6 Å². The summed E-state index contributed by atoms with van der Waals surface area (Å²) in [4.78, 5) is 23.4. The molecule has 0 aliphatic heterocycles. The molecule has 0 saturated carbocycles. The van der Waals surface area contributed by atoms with Crippen molar-refractivity contribution in [1.82, 2.24) is 9.78 Å². The van der Waals surface area contributed by atoms with Crippen molar-refractivity contribution in [2.45, 2.75) is 32.7 Å². The number of nitro benzene ring substituents is 1. The summed E-state index contributed by atoms with van der Waals surface area (Å²) < 4.78 is 51.6. The van der Waals surface area contributed by atoms with Crippen molar-refractivity contribution < 1.29 is 32.4 Å². The van der Waals surface area contributed by atoms with Crippen LogP contribution in [0.5, 0.6) is 17.2 Å². The zero-order chi connectivity index (χ0) is 28.2. The Morgan fingerprint density at radius 2 is 1.77 bits per heavy atom. The van der Waals surface area contributed by atoms with Crippen LogP contribution in [0.2, 0.25) is 0 Å². The van der Waals surface area contributed by atoms with Crippen molar-refractivity contribution >= 4 is 17.3 Å². The average molecular weight is 540 g/mol. The van der Waals surface area contributed by atoms with E-state index in [1.54, 1.807) is 0 Å². The van der Waals surface area contributed by atoms with Gasteiger partial charge in [-0.25, -0.2) is 4.68 Å². The molecule has 0 bridgehead atoms. The Morgan fingerprint density at radius 3 is 2.44 bits per heavy atom. The third-order valence-electron chi connectivity index (χ3n) is 5.54. The Labute approximate surface area is 220 Å². The molecular formula is C27H23F3N4O5.